The number of carbonyl (C=O) groups excluding carboxylic acids is 1. The average molecular weight is 291 g/mol. The van der Waals surface area contributed by atoms with E-state index < -0.39 is 0 Å². The lowest BCUT2D eigenvalue weighted by atomic mass is 10.1. The molecule has 0 aromatic heterocycles. The standard InChI is InChI=1S/C15H21N3O3/c1-18-8-6-12(7-9-18)16-17-15(19)11-4-5-13(20-2)14(10-11)21-3/h4-5,10H,6-9H2,1-3H3,(H,17,19). The van der Waals surface area contributed by atoms with Crippen LogP contribution in [-0.2, 0) is 0 Å². The third-order valence-electron chi connectivity index (χ3n) is 3.53. The fourth-order valence-electron chi connectivity index (χ4n) is 2.16. The Balaban J connectivity index is 2.02. The van der Waals surface area contributed by atoms with Gasteiger partial charge in [-0.2, -0.15) is 5.10 Å². The van der Waals surface area contributed by atoms with E-state index in [1.54, 1.807) is 25.3 Å². The van der Waals surface area contributed by atoms with Crippen molar-refractivity contribution in [1.29, 1.82) is 0 Å². The molecule has 1 aliphatic heterocycles. The molecule has 2 rings (SSSR count). The molecule has 0 saturated carbocycles. The zero-order valence-corrected chi connectivity index (χ0v) is 12.7. The van der Waals surface area contributed by atoms with Gasteiger partial charge in [-0.25, -0.2) is 5.43 Å². The van der Waals surface area contributed by atoms with E-state index in [0.29, 0.717) is 17.1 Å². The lowest BCUT2D eigenvalue weighted by Gasteiger charge is -2.22. The minimum Gasteiger partial charge on any atom is -0.493 e. The van der Waals surface area contributed by atoms with Crippen LogP contribution in [0.2, 0.25) is 0 Å². The number of amides is 1. The number of methoxy groups -OCH3 is 2. The maximum atomic E-state index is 12.1. The van der Waals surface area contributed by atoms with Crippen LogP contribution in [0.4, 0.5) is 0 Å². The summed E-state index contributed by atoms with van der Waals surface area (Å²) in [6, 6.07) is 5.03. The Morgan fingerprint density at radius 2 is 1.86 bits per heavy atom. The van der Waals surface area contributed by atoms with E-state index in [1.807, 2.05) is 0 Å². The third-order valence-corrected chi connectivity index (χ3v) is 3.53. The first-order valence-electron chi connectivity index (χ1n) is 6.90. The SMILES string of the molecule is COc1ccc(C(=O)NN=C2CCN(C)CC2)cc1OC. The van der Waals surface area contributed by atoms with Gasteiger partial charge in [-0.3, -0.25) is 4.79 Å². The van der Waals surface area contributed by atoms with Crippen LogP contribution in [0.15, 0.2) is 23.3 Å². The summed E-state index contributed by atoms with van der Waals surface area (Å²) in [5.74, 6) is 0.871. The Morgan fingerprint density at radius 1 is 1.19 bits per heavy atom. The molecular weight excluding hydrogens is 270 g/mol. The van der Waals surface area contributed by atoms with Crippen LogP contribution in [0.1, 0.15) is 23.2 Å². The number of hydrogen-bond donors (Lipinski definition) is 1. The van der Waals surface area contributed by atoms with Crippen molar-refractivity contribution in [3.05, 3.63) is 23.8 Å². The summed E-state index contributed by atoms with van der Waals surface area (Å²) in [7, 11) is 5.18. The van der Waals surface area contributed by atoms with E-state index in [4.69, 9.17) is 9.47 Å². The average Bonchev–Trinajstić information content (AvgIpc) is 2.53. The predicted octanol–water partition coefficient (Wildman–Crippen LogP) is 1.52. The van der Waals surface area contributed by atoms with Crippen molar-refractivity contribution in [3.63, 3.8) is 0 Å². The number of ether oxygens (including phenoxy) is 2. The van der Waals surface area contributed by atoms with Gasteiger partial charge in [0.15, 0.2) is 11.5 Å². The molecule has 0 unspecified atom stereocenters. The molecule has 21 heavy (non-hydrogen) atoms. The van der Waals surface area contributed by atoms with Gasteiger partial charge in [-0.05, 0) is 25.2 Å². The van der Waals surface area contributed by atoms with Crippen LogP contribution in [-0.4, -0.2) is 50.9 Å². The number of carbonyl (C=O) groups is 1. The highest BCUT2D eigenvalue weighted by Gasteiger charge is 2.13. The molecule has 1 aliphatic rings. The lowest BCUT2D eigenvalue weighted by molar-refractivity contribution is 0.0954. The van der Waals surface area contributed by atoms with Crippen LogP contribution in [0.5, 0.6) is 11.5 Å². The zero-order chi connectivity index (χ0) is 15.2. The molecule has 1 heterocycles. The van der Waals surface area contributed by atoms with Crippen LogP contribution in [0.25, 0.3) is 0 Å². The lowest BCUT2D eigenvalue weighted by Crippen LogP contribution is -2.32. The first-order valence-corrected chi connectivity index (χ1v) is 6.90. The molecule has 1 aromatic carbocycles. The summed E-state index contributed by atoms with van der Waals surface area (Å²) >= 11 is 0. The van der Waals surface area contributed by atoms with Gasteiger partial charge < -0.3 is 14.4 Å². The highest BCUT2D eigenvalue weighted by atomic mass is 16.5. The van der Waals surface area contributed by atoms with Crippen molar-refractivity contribution in [3.8, 4) is 11.5 Å². The van der Waals surface area contributed by atoms with Crippen molar-refractivity contribution in [1.82, 2.24) is 10.3 Å². The number of benzene rings is 1. The first-order chi connectivity index (χ1) is 10.1. The Hall–Kier alpha value is -2.08. The second-order valence-electron chi connectivity index (χ2n) is 4.99. The Labute approximate surface area is 124 Å². The zero-order valence-electron chi connectivity index (χ0n) is 12.7. The largest absolute Gasteiger partial charge is 0.493 e. The number of hydrogen-bond acceptors (Lipinski definition) is 5. The Bertz CT molecular complexity index is 533. The Kier molecular flexibility index (Phi) is 5.16. The van der Waals surface area contributed by atoms with Crippen LogP contribution in [0.3, 0.4) is 0 Å². The number of hydrazone groups is 1. The quantitative estimate of drug-likeness (QED) is 0.854. The normalized spacial score (nSPS) is 15.5. The Morgan fingerprint density at radius 3 is 2.48 bits per heavy atom. The second kappa shape index (κ2) is 7.08. The van der Waals surface area contributed by atoms with Crippen LogP contribution in [0, 0.1) is 0 Å². The van der Waals surface area contributed by atoms with Gasteiger partial charge in [0, 0.05) is 37.2 Å². The number of piperidine rings is 1. The molecule has 0 spiro atoms. The number of likely N-dealkylation sites (tertiary alicyclic amines) is 1. The molecule has 1 aromatic rings. The third kappa shape index (κ3) is 3.95. The van der Waals surface area contributed by atoms with Crippen molar-refractivity contribution in [2.75, 3.05) is 34.4 Å². The topological polar surface area (TPSA) is 63.2 Å². The van der Waals surface area contributed by atoms with Crippen molar-refractivity contribution in [2.45, 2.75) is 12.8 Å². The molecule has 6 heteroatoms. The molecule has 0 radical (unpaired) electrons. The summed E-state index contributed by atoms with van der Waals surface area (Å²) in [4.78, 5) is 14.3. The van der Waals surface area contributed by atoms with Crippen molar-refractivity contribution in [2.24, 2.45) is 5.10 Å². The summed E-state index contributed by atoms with van der Waals surface area (Å²) < 4.78 is 10.3. The molecule has 1 N–H and O–H groups in total. The second-order valence-corrected chi connectivity index (χ2v) is 4.99. The number of nitrogens with zero attached hydrogens (tertiary/aromatic N) is 2. The molecule has 6 nitrogen and oxygen atoms in total. The van der Waals surface area contributed by atoms with Gasteiger partial charge in [-0.15, -0.1) is 0 Å². The van der Waals surface area contributed by atoms with Crippen molar-refractivity contribution >= 4 is 11.6 Å². The molecule has 0 atom stereocenters. The molecule has 1 saturated heterocycles. The molecule has 0 aliphatic carbocycles. The molecule has 1 amide bonds. The van der Waals surface area contributed by atoms with Gasteiger partial charge >= 0.3 is 0 Å². The van der Waals surface area contributed by atoms with E-state index >= 15 is 0 Å². The molecule has 114 valence electrons. The predicted molar refractivity (Wildman–Crippen MR) is 81.2 cm³/mol. The summed E-state index contributed by atoms with van der Waals surface area (Å²) in [6.45, 7) is 1.95. The van der Waals surface area contributed by atoms with E-state index in [9.17, 15) is 4.79 Å². The van der Waals surface area contributed by atoms with Crippen molar-refractivity contribution < 1.29 is 14.3 Å². The van der Waals surface area contributed by atoms with Crippen LogP contribution >= 0.6 is 0 Å². The fourth-order valence-corrected chi connectivity index (χ4v) is 2.16. The smallest absolute Gasteiger partial charge is 0.271 e. The maximum Gasteiger partial charge on any atom is 0.271 e. The number of rotatable bonds is 4. The van der Waals surface area contributed by atoms with E-state index in [1.165, 1.54) is 7.11 Å². The first kappa shape index (κ1) is 15.3. The highest BCUT2D eigenvalue weighted by Crippen LogP contribution is 2.27. The fraction of sp³-hybridized carbons (Fsp3) is 0.467. The maximum absolute atomic E-state index is 12.1. The summed E-state index contributed by atoms with van der Waals surface area (Å²) in [5.41, 5.74) is 4.13. The highest BCUT2D eigenvalue weighted by molar-refractivity contribution is 5.96. The minimum atomic E-state index is -0.248. The van der Waals surface area contributed by atoms with Gasteiger partial charge in [0.05, 0.1) is 14.2 Å². The molecule has 0 bridgehead atoms. The monoisotopic (exact) mass is 291 g/mol. The van der Waals surface area contributed by atoms with Crippen LogP contribution < -0.4 is 14.9 Å². The molecule has 1 fully saturated rings. The van der Waals surface area contributed by atoms with Gasteiger partial charge in [0.1, 0.15) is 0 Å². The van der Waals surface area contributed by atoms with E-state index in [-0.39, 0.29) is 5.91 Å². The molecular formula is C15H21N3O3. The van der Waals surface area contributed by atoms with E-state index in [0.717, 1.165) is 31.6 Å². The van der Waals surface area contributed by atoms with Gasteiger partial charge in [-0.1, -0.05) is 0 Å². The minimum absolute atomic E-state index is 0.248. The van der Waals surface area contributed by atoms with E-state index in [2.05, 4.69) is 22.5 Å². The summed E-state index contributed by atoms with van der Waals surface area (Å²) in [6.07, 6.45) is 1.78. The summed E-state index contributed by atoms with van der Waals surface area (Å²) in [5, 5.41) is 4.21. The number of nitrogens with one attached hydrogen (secondary N) is 1. The van der Waals surface area contributed by atoms with Gasteiger partial charge in [0.2, 0.25) is 0 Å². The van der Waals surface area contributed by atoms with Gasteiger partial charge in [0.25, 0.3) is 5.91 Å².